The summed E-state index contributed by atoms with van der Waals surface area (Å²) in [5, 5.41) is 21.8. The number of rotatable bonds is 6. The van der Waals surface area contributed by atoms with Crippen LogP contribution < -0.4 is 5.32 Å². The van der Waals surface area contributed by atoms with Gasteiger partial charge >= 0.3 is 0 Å². The second-order valence-corrected chi connectivity index (χ2v) is 7.93. The zero-order chi connectivity index (χ0) is 19.2. The van der Waals surface area contributed by atoms with E-state index in [1.807, 2.05) is 0 Å². The van der Waals surface area contributed by atoms with Gasteiger partial charge in [0.25, 0.3) is 10.9 Å². The third kappa shape index (κ3) is 5.29. The molecular weight excluding hydrogens is 368 g/mol. The van der Waals surface area contributed by atoms with Crippen LogP contribution in [0.25, 0.3) is 11.5 Å². The predicted octanol–water partition coefficient (Wildman–Crippen LogP) is 3.96. The molecule has 1 amide bonds. The van der Waals surface area contributed by atoms with E-state index in [9.17, 15) is 14.9 Å². The second kappa shape index (κ2) is 8.98. The number of nitro groups is 1. The number of thioether (sulfide) groups is 1. The highest BCUT2D eigenvalue weighted by molar-refractivity contribution is 8.00. The Kier molecular flexibility index (Phi) is 6.44. The average Bonchev–Trinajstić information content (AvgIpc) is 2.97. The number of amides is 1. The molecule has 0 saturated heterocycles. The fourth-order valence-electron chi connectivity index (χ4n) is 3.07. The summed E-state index contributed by atoms with van der Waals surface area (Å²) in [6.45, 7) is 1.80. The highest BCUT2D eigenvalue weighted by Crippen LogP contribution is 2.28. The lowest BCUT2D eigenvalue weighted by Gasteiger charge is -2.18. The summed E-state index contributed by atoms with van der Waals surface area (Å²) in [5.41, 5.74) is 0.426. The lowest BCUT2D eigenvalue weighted by atomic mass is 10.1. The average molecular weight is 390 g/mol. The molecule has 9 heteroatoms. The van der Waals surface area contributed by atoms with Crippen molar-refractivity contribution in [1.29, 1.82) is 0 Å². The third-order valence-electron chi connectivity index (χ3n) is 4.56. The van der Waals surface area contributed by atoms with E-state index in [-0.39, 0.29) is 34.0 Å². The number of nitrogens with one attached hydrogen (secondary N) is 1. The number of nitro benzene ring substituents is 1. The Hall–Kier alpha value is -2.42. The first-order valence-electron chi connectivity index (χ1n) is 9.08. The molecule has 1 aliphatic rings. The van der Waals surface area contributed by atoms with Gasteiger partial charge in [-0.15, -0.1) is 10.2 Å². The monoisotopic (exact) mass is 390 g/mol. The van der Waals surface area contributed by atoms with Gasteiger partial charge in [0.05, 0.1) is 10.2 Å². The molecule has 8 nitrogen and oxygen atoms in total. The Balaban J connectivity index is 1.60. The molecule has 1 fully saturated rings. The van der Waals surface area contributed by atoms with Crippen molar-refractivity contribution in [3.63, 3.8) is 0 Å². The zero-order valence-electron chi connectivity index (χ0n) is 15.1. The summed E-state index contributed by atoms with van der Waals surface area (Å²) >= 11 is 1.19. The molecule has 0 radical (unpaired) electrons. The Morgan fingerprint density at radius 2 is 2.04 bits per heavy atom. The second-order valence-electron chi connectivity index (χ2n) is 6.64. The maximum atomic E-state index is 12.4. The molecule has 0 spiro atoms. The van der Waals surface area contributed by atoms with E-state index < -0.39 is 4.92 Å². The molecule has 3 rings (SSSR count). The lowest BCUT2D eigenvalue weighted by molar-refractivity contribution is -0.384. The minimum absolute atomic E-state index is 0.0398. The molecule has 1 aromatic heterocycles. The smallest absolute Gasteiger partial charge is 0.277 e. The van der Waals surface area contributed by atoms with Gasteiger partial charge in [0.15, 0.2) is 0 Å². The summed E-state index contributed by atoms with van der Waals surface area (Å²) < 4.78 is 5.57. The molecule has 1 aromatic carbocycles. The van der Waals surface area contributed by atoms with Gasteiger partial charge in [0.1, 0.15) is 0 Å². The molecule has 0 aliphatic heterocycles. The molecule has 1 saturated carbocycles. The number of benzene rings is 1. The van der Waals surface area contributed by atoms with Crippen LogP contribution in [-0.4, -0.2) is 32.3 Å². The van der Waals surface area contributed by atoms with Crippen LogP contribution in [0.3, 0.4) is 0 Å². The van der Waals surface area contributed by atoms with Gasteiger partial charge in [0, 0.05) is 23.7 Å². The van der Waals surface area contributed by atoms with Gasteiger partial charge in [-0.1, -0.05) is 43.5 Å². The van der Waals surface area contributed by atoms with E-state index >= 15 is 0 Å². The number of carbonyl (C=O) groups excluding carboxylic acids is 1. The number of non-ortho nitro benzene ring substituents is 1. The SMILES string of the molecule is C[C@@H](Sc1nnc(-c2cccc([N+](=O)[O-])c2)o1)C(=O)NC1CCCCCC1. The van der Waals surface area contributed by atoms with Gasteiger partial charge in [-0.2, -0.15) is 0 Å². The van der Waals surface area contributed by atoms with Crippen molar-refractivity contribution in [1.82, 2.24) is 15.5 Å². The Morgan fingerprint density at radius 1 is 1.30 bits per heavy atom. The number of carbonyl (C=O) groups is 1. The quantitative estimate of drug-likeness (QED) is 0.344. The van der Waals surface area contributed by atoms with Crippen LogP contribution in [0.2, 0.25) is 0 Å². The van der Waals surface area contributed by atoms with E-state index in [4.69, 9.17) is 4.42 Å². The molecular formula is C18H22N4O4S. The van der Waals surface area contributed by atoms with Crippen molar-refractivity contribution >= 4 is 23.4 Å². The van der Waals surface area contributed by atoms with E-state index in [2.05, 4.69) is 15.5 Å². The number of hydrogen-bond acceptors (Lipinski definition) is 7. The fraction of sp³-hybridized carbons (Fsp3) is 0.500. The van der Waals surface area contributed by atoms with E-state index in [1.165, 1.54) is 36.7 Å². The molecule has 0 bridgehead atoms. The highest BCUT2D eigenvalue weighted by Gasteiger charge is 2.22. The summed E-state index contributed by atoms with van der Waals surface area (Å²) in [6, 6.07) is 6.25. The van der Waals surface area contributed by atoms with Crippen molar-refractivity contribution < 1.29 is 14.1 Å². The molecule has 1 N–H and O–H groups in total. The molecule has 1 heterocycles. The summed E-state index contributed by atoms with van der Waals surface area (Å²) in [4.78, 5) is 22.8. The molecule has 144 valence electrons. The number of aromatic nitrogens is 2. The van der Waals surface area contributed by atoms with Gasteiger partial charge in [-0.3, -0.25) is 14.9 Å². The number of hydrogen-bond donors (Lipinski definition) is 1. The van der Waals surface area contributed by atoms with Crippen LogP contribution in [0.15, 0.2) is 33.9 Å². The van der Waals surface area contributed by atoms with Crippen molar-refractivity contribution in [3.8, 4) is 11.5 Å². The van der Waals surface area contributed by atoms with Crippen LogP contribution in [0.5, 0.6) is 0 Å². The summed E-state index contributed by atoms with van der Waals surface area (Å²) in [6.07, 6.45) is 6.84. The zero-order valence-corrected chi connectivity index (χ0v) is 15.9. The largest absolute Gasteiger partial charge is 0.411 e. The van der Waals surface area contributed by atoms with Gasteiger partial charge in [-0.25, -0.2) is 0 Å². The van der Waals surface area contributed by atoms with Crippen LogP contribution in [0, 0.1) is 10.1 Å². The first kappa shape index (κ1) is 19.3. The van der Waals surface area contributed by atoms with Crippen LogP contribution in [0.4, 0.5) is 5.69 Å². The van der Waals surface area contributed by atoms with E-state index in [0.717, 1.165) is 25.7 Å². The topological polar surface area (TPSA) is 111 Å². The normalized spacial score (nSPS) is 16.5. The van der Waals surface area contributed by atoms with Crippen LogP contribution in [0.1, 0.15) is 45.4 Å². The summed E-state index contributed by atoms with van der Waals surface area (Å²) in [7, 11) is 0. The molecule has 1 aliphatic carbocycles. The minimum Gasteiger partial charge on any atom is -0.411 e. The maximum Gasteiger partial charge on any atom is 0.277 e. The number of nitrogens with zero attached hydrogens (tertiary/aromatic N) is 3. The first-order chi connectivity index (χ1) is 13.0. The lowest BCUT2D eigenvalue weighted by Crippen LogP contribution is -2.39. The Bertz CT molecular complexity index is 802. The fourth-order valence-corrected chi connectivity index (χ4v) is 3.77. The molecule has 2 aromatic rings. The standard InChI is InChI=1S/C18H22N4O4S/c1-12(16(23)19-14-8-4-2-3-5-9-14)27-18-21-20-17(26-18)13-7-6-10-15(11-13)22(24)25/h6-7,10-12,14H,2-5,8-9H2,1H3,(H,19,23)/t12-/m1/s1. The third-order valence-corrected chi connectivity index (χ3v) is 5.49. The van der Waals surface area contributed by atoms with Gasteiger partial charge in [-0.05, 0) is 25.8 Å². The van der Waals surface area contributed by atoms with Crippen molar-refractivity contribution in [2.45, 2.75) is 62.0 Å². The van der Waals surface area contributed by atoms with Crippen LogP contribution in [-0.2, 0) is 4.79 Å². The minimum atomic E-state index is -0.477. The highest BCUT2D eigenvalue weighted by atomic mass is 32.2. The van der Waals surface area contributed by atoms with Crippen molar-refractivity contribution in [2.24, 2.45) is 0 Å². The maximum absolute atomic E-state index is 12.4. The van der Waals surface area contributed by atoms with Gasteiger partial charge in [0.2, 0.25) is 11.8 Å². The Morgan fingerprint density at radius 3 is 2.74 bits per heavy atom. The summed E-state index contributed by atoms with van der Waals surface area (Å²) in [5.74, 6) is 0.152. The molecule has 27 heavy (non-hydrogen) atoms. The molecule has 1 atom stereocenters. The Labute approximate surface area is 161 Å². The first-order valence-corrected chi connectivity index (χ1v) is 9.96. The van der Waals surface area contributed by atoms with Crippen molar-refractivity contribution in [2.75, 3.05) is 0 Å². The van der Waals surface area contributed by atoms with E-state index in [0.29, 0.717) is 5.56 Å². The van der Waals surface area contributed by atoms with Gasteiger partial charge < -0.3 is 9.73 Å². The van der Waals surface area contributed by atoms with E-state index in [1.54, 1.807) is 19.1 Å². The molecule has 0 unspecified atom stereocenters. The van der Waals surface area contributed by atoms with Crippen LogP contribution >= 0.6 is 11.8 Å². The predicted molar refractivity (Wildman–Crippen MR) is 101 cm³/mol. The van der Waals surface area contributed by atoms with Crippen molar-refractivity contribution in [3.05, 3.63) is 34.4 Å².